The Morgan fingerprint density at radius 1 is 1.36 bits per heavy atom. The summed E-state index contributed by atoms with van der Waals surface area (Å²) >= 11 is 0. The lowest BCUT2D eigenvalue weighted by atomic mass is 9.97. The first-order valence-electron chi connectivity index (χ1n) is 5.67. The molecule has 0 aliphatic carbocycles. The van der Waals surface area contributed by atoms with Crippen LogP contribution in [-0.4, -0.2) is 36.6 Å². The van der Waals surface area contributed by atoms with E-state index in [4.69, 9.17) is 9.47 Å². The maximum atomic E-state index is 9.95. The van der Waals surface area contributed by atoms with Crippen LogP contribution in [0.15, 0.2) is 0 Å². The molecule has 2 heterocycles. The summed E-state index contributed by atoms with van der Waals surface area (Å²) in [5, 5.41) is 9.95. The molecule has 2 aliphatic heterocycles. The molecule has 4 atom stereocenters. The molecule has 0 saturated carbocycles. The summed E-state index contributed by atoms with van der Waals surface area (Å²) in [5.41, 5.74) is 0. The monoisotopic (exact) mass is 200 g/mol. The van der Waals surface area contributed by atoms with Gasteiger partial charge in [-0.05, 0) is 38.5 Å². The van der Waals surface area contributed by atoms with Crippen molar-refractivity contribution in [2.24, 2.45) is 5.92 Å². The molecule has 0 aromatic rings. The van der Waals surface area contributed by atoms with Gasteiger partial charge in [-0.2, -0.15) is 0 Å². The SMILES string of the molecule is CC1CCC(C(O)CC2CCOC2)O1. The van der Waals surface area contributed by atoms with Gasteiger partial charge in [-0.3, -0.25) is 0 Å². The summed E-state index contributed by atoms with van der Waals surface area (Å²) in [6.45, 7) is 3.75. The molecule has 0 radical (unpaired) electrons. The Labute approximate surface area is 85.4 Å². The number of ether oxygens (including phenoxy) is 2. The van der Waals surface area contributed by atoms with Gasteiger partial charge in [0.1, 0.15) is 0 Å². The maximum Gasteiger partial charge on any atom is 0.0838 e. The normalized spacial score (nSPS) is 40.3. The molecule has 0 amide bonds. The average Bonchev–Trinajstić information content (AvgIpc) is 2.75. The van der Waals surface area contributed by atoms with Gasteiger partial charge < -0.3 is 14.6 Å². The Kier molecular flexibility index (Phi) is 3.42. The summed E-state index contributed by atoms with van der Waals surface area (Å²) in [6.07, 6.45) is 4.15. The number of aliphatic hydroxyl groups is 1. The van der Waals surface area contributed by atoms with E-state index in [9.17, 15) is 5.11 Å². The van der Waals surface area contributed by atoms with E-state index in [0.29, 0.717) is 12.0 Å². The van der Waals surface area contributed by atoms with Crippen molar-refractivity contribution < 1.29 is 14.6 Å². The number of rotatable bonds is 3. The van der Waals surface area contributed by atoms with E-state index in [2.05, 4.69) is 6.92 Å². The van der Waals surface area contributed by atoms with E-state index in [1.165, 1.54) is 0 Å². The van der Waals surface area contributed by atoms with Gasteiger partial charge in [0.2, 0.25) is 0 Å². The molecule has 0 bridgehead atoms. The van der Waals surface area contributed by atoms with E-state index >= 15 is 0 Å². The third-order valence-electron chi connectivity index (χ3n) is 3.29. The van der Waals surface area contributed by atoms with Crippen LogP contribution in [0.3, 0.4) is 0 Å². The smallest absolute Gasteiger partial charge is 0.0838 e. The van der Waals surface area contributed by atoms with Crippen molar-refractivity contribution >= 4 is 0 Å². The summed E-state index contributed by atoms with van der Waals surface area (Å²) in [7, 11) is 0. The largest absolute Gasteiger partial charge is 0.390 e. The molecule has 2 fully saturated rings. The average molecular weight is 200 g/mol. The Balaban J connectivity index is 1.74. The molecule has 0 aromatic carbocycles. The topological polar surface area (TPSA) is 38.7 Å². The zero-order valence-electron chi connectivity index (χ0n) is 8.82. The van der Waals surface area contributed by atoms with Gasteiger partial charge >= 0.3 is 0 Å². The molecule has 2 saturated heterocycles. The van der Waals surface area contributed by atoms with Crippen LogP contribution >= 0.6 is 0 Å². The number of hydrogen-bond acceptors (Lipinski definition) is 3. The van der Waals surface area contributed by atoms with E-state index in [1.54, 1.807) is 0 Å². The fraction of sp³-hybridized carbons (Fsp3) is 1.00. The standard InChI is InChI=1S/C11H20O3/c1-8-2-3-11(14-8)10(12)6-9-4-5-13-7-9/h8-12H,2-7H2,1H3. The minimum Gasteiger partial charge on any atom is -0.390 e. The summed E-state index contributed by atoms with van der Waals surface area (Å²) in [5.74, 6) is 0.546. The number of aliphatic hydroxyl groups excluding tert-OH is 1. The molecule has 1 N–H and O–H groups in total. The van der Waals surface area contributed by atoms with Gasteiger partial charge in [0.15, 0.2) is 0 Å². The van der Waals surface area contributed by atoms with Gasteiger partial charge in [-0.1, -0.05) is 0 Å². The van der Waals surface area contributed by atoms with Crippen molar-refractivity contribution in [3.8, 4) is 0 Å². The highest BCUT2D eigenvalue weighted by Gasteiger charge is 2.30. The maximum absolute atomic E-state index is 9.95. The van der Waals surface area contributed by atoms with Crippen LogP contribution in [0.4, 0.5) is 0 Å². The van der Waals surface area contributed by atoms with Gasteiger partial charge in [0.05, 0.1) is 18.3 Å². The lowest BCUT2D eigenvalue weighted by Crippen LogP contribution is -2.28. The van der Waals surface area contributed by atoms with Crippen LogP contribution in [0.5, 0.6) is 0 Å². The third-order valence-corrected chi connectivity index (χ3v) is 3.29. The van der Waals surface area contributed by atoms with Crippen molar-refractivity contribution in [2.45, 2.75) is 50.9 Å². The first-order valence-corrected chi connectivity index (χ1v) is 5.67. The molecule has 4 unspecified atom stereocenters. The van der Waals surface area contributed by atoms with Crippen LogP contribution in [0.25, 0.3) is 0 Å². The van der Waals surface area contributed by atoms with Crippen LogP contribution in [0.2, 0.25) is 0 Å². The molecule has 14 heavy (non-hydrogen) atoms. The Bertz CT molecular complexity index is 177. The Morgan fingerprint density at radius 2 is 2.21 bits per heavy atom. The minimum absolute atomic E-state index is 0.0746. The van der Waals surface area contributed by atoms with Crippen LogP contribution < -0.4 is 0 Å². The zero-order chi connectivity index (χ0) is 9.97. The molecule has 2 aliphatic rings. The van der Waals surface area contributed by atoms with Gasteiger partial charge in [0, 0.05) is 13.2 Å². The van der Waals surface area contributed by atoms with Crippen molar-refractivity contribution in [2.75, 3.05) is 13.2 Å². The fourth-order valence-electron chi connectivity index (χ4n) is 2.38. The second-order valence-corrected chi connectivity index (χ2v) is 4.60. The van der Waals surface area contributed by atoms with Crippen LogP contribution in [0, 0.1) is 5.92 Å². The highest BCUT2D eigenvalue weighted by molar-refractivity contribution is 4.80. The molecular weight excluding hydrogens is 180 g/mol. The molecule has 82 valence electrons. The van der Waals surface area contributed by atoms with Crippen molar-refractivity contribution in [3.63, 3.8) is 0 Å². The number of hydrogen-bond donors (Lipinski definition) is 1. The molecule has 3 nitrogen and oxygen atoms in total. The molecule has 0 aromatic heterocycles. The Morgan fingerprint density at radius 3 is 2.79 bits per heavy atom. The highest BCUT2D eigenvalue weighted by Crippen LogP contribution is 2.27. The van der Waals surface area contributed by atoms with Crippen LogP contribution in [0.1, 0.15) is 32.6 Å². The first-order chi connectivity index (χ1) is 6.75. The molecule has 2 rings (SSSR count). The molecule has 0 spiro atoms. The van der Waals surface area contributed by atoms with Crippen molar-refractivity contribution in [1.82, 2.24) is 0 Å². The summed E-state index contributed by atoms with van der Waals surface area (Å²) in [4.78, 5) is 0. The summed E-state index contributed by atoms with van der Waals surface area (Å²) < 4.78 is 10.9. The predicted octanol–water partition coefficient (Wildman–Crippen LogP) is 1.34. The van der Waals surface area contributed by atoms with Crippen molar-refractivity contribution in [1.29, 1.82) is 0 Å². The zero-order valence-corrected chi connectivity index (χ0v) is 8.82. The van der Waals surface area contributed by atoms with Crippen molar-refractivity contribution in [3.05, 3.63) is 0 Å². The lowest BCUT2D eigenvalue weighted by Gasteiger charge is -2.20. The quantitative estimate of drug-likeness (QED) is 0.747. The Hall–Kier alpha value is -0.120. The van der Waals surface area contributed by atoms with E-state index in [1.807, 2.05) is 0 Å². The van der Waals surface area contributed by atoms with Crippen LogP contribution in [-0.2, 0) is 9.47 Å². The van der Waals surface area contributed by atoms with E-state index in [0.717, 1.165) is 38.9 Å². The highest BCUT2D eigenvalue weighted by atomic mass is 16.5. The van der Waals surface area contributed by atoms with Gasteiger partial charge in [-0.25, -0.2) is 0 Å². The minimum atomic E-state index is -0.286. The predicted molar refractivity (Wildman–Crippen MR) is 53.1 cm³/mol. The lowest BCUT2D eigenvalue weighted by molar-refractivity contribution is -0.0377. The first kappa shape index (κ1) is 10.4. The van der Waals surface area contributed by atoms with Gasteiger partial charge in [-0.15, -0.1) is 0 Å². The fourth-order valence-corrected chi connectivity index (χ4v) is 2.38. The molecular formula is C11H20O3. The van der Waals surface area contributed by atoms with E-state index in [-0.39, 0.29) is 12.2 Å². The summed E-state index contributed by atoms with van der Waals surface area (Å²) in [6, 6.07) is 0. The second kappa shape index (κ2) is 4.60. The third kappa shape index (κ3) is 2.47. The molecule has 3 heteroatoms. The van der Waals surface area contributed by atoms with Gasteiger partial charge in [0.25, 0.3) is 0 Å². The second-order valence-electron chi connectivity index (χ2n) is 4.60. The van der Waals surface area contributed by atoms with E-state index < -0.39 is 0 Å².